The Morgan fingerprint density at radius 1 is 1.25 bits per heavy atom. The molecule has 0 unspecified atom stereocenters. The molecular formula is C13H23NO2. The van der Waals surface area contributed by atoms with E-state index in [-0.39, 0.29) is 12.5 Å². The minimum atomic E-state index is -0.396. The number of carbonyl (C=O) groups is 1. The van der Waals surface area contributed by atoms with E-state index in [1.165, 1.54) is 32.1 Å². The molecule has 0 heterocycles. The van der Waals surface area contributed by atoms with Crippen LogP contribution in [0.3, 0.4) is 0 Å². The predicted molar refractivity (Wildman–Crippen MR) is 63.0 cm³/mol. The number of hydrogen-bond donors (Lipinski definition) is 2. The van der Waals surface area contributed by atoms with Crippen molar-refractivity contribution < 1.29 is 9.90 Å². The summed E-state index contributed by atoms with van der Waals surface area (Å²) in [4.78, 5) is 11.7. The molecule has 16 heavy (non-hydrogen) atoms. The maximum atomic E-state index is 11.7. The quantitative estimate of drug-likeness (QED) is 0.750. The summed E-state index contributed by atoms with van der Waals surface area (Å²) < 4.78 is 0. The van der Waals surface area contributed by atoms with Crippen molar-refractivity contribution >= 4 is 5.91 Å². The van der Waals surface area contributed by atoms with Gasteiger partial charge in [-0.2, -0.15) is 0 Å². The van der Waals surface area contributed by atoms with Crippen molar-refractivity contribution in [1.29, 1.82) is 0 Å². The van der Waals surface area contributed by atoms with E-state index in [4.69, 9.17) is 5.11 Å². The molecule has 3 nitrogen and oxygen atoms in total. The van der Waals surface area contributed by atoms with Crippen molar-refractivity contribution in [3.05, 3.63) is 0 Å². The highest BCUT2D eigenvalue weighted by Gasteiger charge is 2.49. The molecule has 0 bridgehead atoms. The van der Waals surface area contributed by atoms with Crippen LogP contribution in [0, 0.1) is 11.3 Å². The SMILES string of the molecule is O=C(NCCC1CCCCC1)C1(CO)CC1. The maximum Gasteiger partial charge on any atom is 0.228 e. The summed E-state index contributed by atoms with van der Waals surface area (Å²) >= 11 is 0. The maximum absolute atomic E-state index is 11.7. The van der Waals surface area contributed by atoms with Crippen LogP contribution < -0.4 is 5.32 Å². The average molecular weight is 225 g/mol. The first-order valence-electron chi connectivity index (χ1n) is 6.66. The number of rotatable bonds is 5. The molecule has 0 spiro atoms. The highest BCUT2D eigenvalue weighted by Crippen LogP contribution is 2.45. The summed E-state index contributed by atoms with van der Waals surface area (Å²) in [5.41, 5.74) is -0.396. The van der Waals surface area contributed by atoms with E-state index in [9.17, 15) is 4.79 Å². The lowest BCUT2D eigenvalue weighted by Gasteiger charge is -2.22. The van der Waals surface area contributed by atoms with Gasteiger partial charge < -0.3 is 10.4 Å². The molecule has 2 fully saturated rings. The van der Waals surface area contributed by atoms with Gasteiger partial charge in [0.05, 0.1) is 12.0 Å². The van der Waals surface area contributed by atoms with E-state index in [1.807, 2.05) is 0 Å². The Kier molecular flexibility index (Phi) is 3.85. The molecule has 0 aliphatic heterocycles. The Labute approximate surface area is 97.6 Å². The first kappa shape index (κ1) is 11.9. The third kappa shape index (κ3) is 2.76. The standard InChI is InChI=1S/C13H23NO2/c15-10-13(7-8-13)12(16)14-9-6-11-4-2-1-3-5-11/h11,15H,1-10H2,(H,14,16). The lowest BCUT2D eigenvalue weighted by atomic mass is 9.87. The smallest absolute Gasteiger partial charge is 0.228 e. The molecular weight excluding hydrogens is 202 g/mol. The highest BCUT2D eigenvalue weighted by atomic mass is 16.3. The fourth-order valence-electron chi connectivity index (χ4n) is 2.66. The van der Waals surface area contributed by atoms with E-state index in [0.29, 0.717) is 0 Å². The van der Waals surface area contributed by atoms with Gasteiger partial charge in [-0.3, -0.25) is 4.79 Å². The summed E-state index contributed by atoms with van der Waals surface area (Å²) in [5, 5.41) is 12.1. The van der Waals surface area contributed by atoms with Gasteiger partial charge in [0.25, 0.3) is 0 Å². The molecule has 1 amide bonds. The lowest BCUT2D eigenvalue weighted by molar-refractivity contribution is -0.127. The highest BCUT2D eigenvalue weighted by molar-refractivity contribution is 5.85. The molecule has 0 saturated heterocycles. The van der Waals surface area contributed by atoms with Gasteiger partial charge in [0, 0.05) is 6.54 Å². The van der Waals surface area contributed by atoms with Crippen molar-refractivity contribution in [3.63, 3.8) is 0 Å². The van der Waals surface area contributed by atoms with Crippen LogP contribution in [0.5, 0.6) is 0 Å². The van der Waals surface area contributed by atoms with Crippen LogP contribution in [0.15, 0.2) is 0 Å². The zero-order valence-corrected chi connectivity index (χ0v) is 10.0. The van der Waals surface area contributed by atoms with Crippen LogP contribution >= 0.6 is 0 Å². The third-order valence-electron chi connectivity index (χ3n) is 4.20. The van der Waals surface area contributed by atoms with E-state index >= 15 is 0 Å². The van der Waals surface area contributed by atoms with Crippen LogP contribution in [0.2, 0.25) is 0 Å². The fourth-order valence-corrected chi connectivity index (χ4v) is 2.66. The van der Waals surface area contributed by atoms with Crippen LogP contribution in [0.25, 0.3) is 0 Å². The molecule has 2 saturated carbocycles. The number of amides is 1. The van der Waals surface area contributed by atoms with Gasteiger partial charge in [0.1, 0.15) is 0 Å². The molecule has 2 rings (SSSR count). The predicted octanol–water partition coefficient (Wildman–Crippen LogP) is 1.85. The Morgan fingerprint density at radius 3 is 2.50 bits per heavy atom. The number of carbonyl (C=O) groups excluding carboxylic acids is 1. The van der Waals surface area contributed by atoms with Gasteiger partial charge in [-0.25, -0.2) is 0 Å². The Morgan fingerprint density at radius 2 is 1.94 bits per heavy atom. The molecule has 92 valence electrons. The van der Waals surface area contributed by atoms with E-state index < -0.39 is 5.41 Å². The molecule has 2 aliphatic carbocycles. The van der Waals surface area contributed by atoms with Gasteiger partial charge in [-0.15, -0.1) is 0 Å². The van der Waals surface area contributed by atoms with Crippen LogP contribution in [-0.4, -0.2) is 24.2 Å². The van der Waals surface area contributed by atoms with E-state index in [1.54, 1.807) is 0 Å². The Bertz CT molecular complexity index is 242. The molecule has 3 heteroatoms. The lowest BCUT2D eigenvalue weighted by Crippen LogP contribution is -2.35. The normalized spacial score (nSPS) is 24.1. The minimum Gasteiger partial charge on any atom is -0.395 e. The molecule has 0 aromatic heterocycles. The van der Waals surface area contributed by atoms with Gasteiger partial charge in [-0.1, -0.05) is 32.1 Å². The molecule has 0 aromatic rings. The zero-order valence-electron chi connectivity index (χ0n) is 10.0. The summed E-state index contributed by atoms with van der Waals surface area (Å²) in [6.07, 6.45) is 9.61. The van der Waals surface area contributed by atoms with Crippen molar-refractivity contribution in [2.75, 3.05) is 13.2 Å². The topological polar surface area (TPSA) is 49.3 Å². The minimum absolute atomic E-state index is 0.0161. The second-order valence-corrected chi connectivity index (χ2v) is 5.49. The number of aliphatic hydroxyl groups excluding tert-OH is 1. The molecule has 0 atom stereocenters. The fraction of sp³-hybridized carbons (Fsp3) is 0.923. The Balaban J connectivity index is 1.62. The summed E-state index contributed by atoms with van der Waals surface area (Å²) in [7, 11) is 0. The largest absolute Gasteiger partial charge is 0.395 e. The van der Waals surface area contributed by atoms with Gasteiger partial charge in [0.15, 0.2) is 0 Å². The Hall–Kier alpha value is -0.570. The number of nitrogens with one attached hydrogen (secondary N) is 1. The number of hydrogen-bond acceptors (Lipinski definition) is 2. The van der Waals surface area contributed by atoms with E-state index in [2.05, 4.69) is 5.32 Å². The first-order valence-corrected chi connectivity index (χ1v) is 6.66. The molecule has 0 aromatic carbocycles. The van der Waals surface area contributed by atoms with Crippen LogP contribution in [-0.2, 0) is 4.79 Å². The van der Waals surface area contributed by atoms with Crippen LogP contribution in [0.4, 0.5) is 0 Å². The van der Waals surface area contributed by atoms with Gasteiger partial charge >= 0.3 is 0 Å². The first-order chi connectivity index (χ1) is 7.77. The monoisotopic (exact) mass is 225 g/mol. The van der Waals surface area contributed by atoms with Crippen molar-refractivity contribution in [1.82, 2.24) is 5.32 Å². The molecule has 2 N–H and O–H groups in total. The zero-order chi connectivity index (χ0) is 11.4. The second kappa shape index (κ2) is 5.17. The summed E-state index contributed by atoms with van der Waals surface area (Å²) in [5.74, 6) is 0.893. The molecule has 2 aliphatic rings. The second-order valence-electron chi connectivity index (χ2n) is 5.49. The van der Waals surface area contributed by atoms with E-state index in [0.717, 1.165) is 31.7 Å². The van der Waals surface area contributed by atoms with Gasteiger partial charge in [0.2, 0.25) is 5.91 Å². The summed E-state index contributed by atoms with van der Waals surface area (Å²) in [6.45, 7) is 0.813. The van der Waals surface area contributed by atoms with Crippen LogP contribution in [0.1, 0.15) is 51.4 Å². The van der Waals surface area contributed by atoms with Crippen molar-refractivity contribution in [2.45, 2.75) is 51.4 Å². The van der Waals surface area contributed by atoms with Crippen molar-refractivity contribution in [2.24, 2.45) is 11.3 Å². The third-order valence-corrected chi connectivity index (χ3v) is 4.20. The summed E-state index contributed by atoms with van der Waals surface area (Å²) in [6, 6.07) is 0. The van der Waals surface area contributed by atoms with Gasteiger partial charge in [-0.05, 0) is 25.2 Å². The number of aliphatic hydroxyl groups is 1. The average Bonchev–Trinajstić information content (AvgIpc) is 3.11. The van der Waals surface area contributed by atoms with Crippen molar-refractivity contribution in [3.8, 4) is 0 Å². The molecule has 0 radical (unpaired) electrons.